The van der Waals surface area contributed by atoms with Gasteiger partial charge in [-0.15, -0.1) is 0 Å². The number of rotatable bonds is 4. The van der Waals surface area contributed by atoms with E-state index in [9.17, 15) is 9.90 Å². The summed E-state index contributed by atoms with van der Waals surface area (Å²) in [6.45, 7) is 1.67. The molecule has 3 rings (SSSR count). The van der Waals surface area contributed by atoms with Crippen LogP contribution in [0.3, 0.4) is 0 Å². The number of nitrogens with zero attached hydrogens (tertiary/aromatic N) is 1. The third-order valence-electron chi connectivity index (χ3n) is 4.15. The van der Waals surface area contributed by atoms with Crippen molar-refractivity contribution in [1.82, 2.24) is 0 Å². The SMILES string of the molecule is COc1ccc(N2C(=O)[C@@H]([C@@H](C)O)[C@H]2c2ccccc2)cc1. The Balaban J connectivity index is 1.96. The Bertz CT molecular complexity index is 652. The number of hydrogen-bond acceptors (Lipinski definition) is 3. The Kier molecular flexibility index (Phi) is 3.86. The van der Waals surface area contributed by atoms with E-state index in [4.69, 9.17) is 4.74 Å². The molecule has 1 amide bonds. The summed E-state index contributed by atoms with van der Waals surface area (Å²) in [7, 11) is 1.61. The second-order valence-electron chi connectivity index (χ2n) is 5.53. The Morgan fingerprint density at radius 1 is 1.09 bits per heavy atom. The summed E-state index contributed by atoms with van der Waals surface area (Å²) in [5.74, 6) is 0.304. The summed E-state index contributed by atoms with van der Waals surface area (Å²) < 4.78 is 5.15. The molecule has 2 aromatic rings. The average molecular weight is 297 g/mol. The van der Waals surface area contributed by atoms with Crippen LogP contribution in [-0.2, 0) is 4.79 Å². The number of aliphatic hydroxyl groups is 1. The van der Waals surface area contributed by atoms with Crippen LogP contribution < -0.4 is 9.64 Å². The number of ether oxygens (including phenoxy) is 1. The largest absolute Gasteiger partial charge is 0.497 e. The summed E-state index contributed by atoms with van der Waals surface area (Å²) in [6, 6.07) is 17.1. The van der Waals surface area contributed by atoms with Crippen molar-refractivity contribution in [3.63, 3.8) is 0 Å². The summed E-state index contributed by atoms with van der Waals surface area (Å²) in [4.78, 5) is 14.2. The van der Waals surface area contributed by atoms with Crippen molar-refractivity contribution in [2.75, 3.05) is 12.0 Å². The van der Waals surface area contributed by atoms with Crippen molar-refractivity contribution < 1.29 is 14.6 Å². The molecule has 0 radical (unpaired) electrons. The minimum absolute atomic E-state index is 0.0472. The van der Waals surface area contributed by atoms with Gasteiger partial charge in [0.25, 0.3) is 0 Å². The fourth-order valence-electron chi connectivity index (χ4n) is 3.02. The molecule has 4 heteroatoms. The molecular formula is C18H19NO3. The highest BCUT2D eigenvalue weighted by molar-refractivity contribution is 6.03. The van der Waals surface area contributed by atoms with Gasteiger partial charge in [-0.2, -0.15) is 0 Å². The highest BCUT2D eigenvalue weighted by Crippen LogP contribution is 2.45. The Hall–Kier alpha value is -2.33. The fourth-order valence-corrected chi connectivity index (χ4v) is 3.02. The van der Waals surface area contributed by atoms with Crippen molar-refractivity contribution in [3.8, 4) is 5.75 Å². The van der Waals surface area contributed by atoms with Crippen LogP contribution in [0.2, 0.25) is 0 Å². The van der Waals surface area contributed by atoms with Gasteiger partial charge < -0.3 is 14.7 Å². The van der Waals surface area contributed by atoms with E-state index in [2.05, 4.69) is 0 Å². The number of anilines is 1. The number of hydrogen-bond donors (Lipinski definition) is 1. The second kappa shape index (κ2) is 5.81. The van der Waals surface area contributed by atoms with Gasteiger partial charge in [0.05, 0.1) is 25.2 Å². The predicted molar refractivity (Wildman–Crippen MR) is 84.8 cm³/mol. The number of carbonyl (C=O) groups is 1. The molecule has 0 saturated carbocycles. The zero-order valence-corrected chi connectivity index (χ0v) is 12.6. The molecule has 1 saturated heterocycles. The number of benzene rings is 2. The number of carbonyl (C=O) groups excluding carboxylic acids is 1. The van der Waals surface area contributed by atoms with Crippen molar-refractivity contribution in [1.29, 1.82) is 0 Å². The van der Waals surface area contributed by atoms with Crippen LogP contribution in [-0.4, -0.2) is 24.2 Å². The maximum Gasteiger partial charge on any atom is 0.235 e. The summed E-state index contributed by atoms with van der Waals surface area (Å²) in [5, 5.41) is 9.95. The smallest absolute Gasteiger partial charge is 0.235 e. The molecule has 1 heterocycles. The molecule has 2 aromatic carbocycles. The first kappa shape index (κ1) is 14.6. The van der Waals surface area contributed by atoms with Crippen LogP contribution in [0.25, 0.3) is 0 Å². The van der Waals surface area contributed by atoms with Crippen molar-refractivity contribution in [2.45, 2.75) is 19.1 Å². The van der Waals surface area contributed by atoms with Gasteiger partial charge in [0.1, 0.15) is 5.75 Å². The quantitative estimate of drug-likeness (QED) is 0.883. The maximum atomic E-state index is 12.5. The lowest BCUT2D eigenvalue weighted by atomic mass is 9.78. The van der Waals surface area contributed by atoms with Crippen molar-refractivity contribution in [3.05, 3.63) is 60.2 Å². The third kappa shape index (κ3) is 2.35. The molecule has 0 spiro atoms. The molecule has 1 aliphatic rings. The van der Waals surface area contributed by atoms with Gasteiger partial charge in [0.15, 0.2) is 0 Å². The van der Waals surface area contributed by atoms with E-state index >= 15 is 0 Å². The monoisotopic (exact) mass is 297 g/mol. The van der Waals surface area contributed by atoms with E-state index in [0.717, 1.165) is 17.0 Å². The summed E-state index contributed by atoms with van der Waals surface area (Å²) in [5.41, 5.74) is 1.85. The van der Waals surface area contributed by atoms with E-state index in [-0.39, 0.29) is 11.9 Å². The molecule has 1 fully saturated rings. The third-order valence-corrected chi connectivity index (χ3v) is 4.15. The first-order valence-electron chi connectivity index (χ1n) is 7.33. The molecule has 1 aliphatic heterocycles. The molecule has 0 aromatic heterocycles. The first-order valence-corrected chi connectivity index (χ1v) is 7.33. The average Bonchev–Trinajstić information content (AvgIpc) is 2.53. The minimum Gasteiger partial charge on any atom is -0.497 e. The van der Waals surface area contributed by atoms with Crippen LogP contribution in [0.4, 0.5) is 5.69 Å². The second-order valence-corrected chi connectivity index (χ2v) is 5.53. The van der Waals surface area contributed by atoms with Crippen LogP contribution in [0.15, 0.2) is 54.6 Å². The Morgan fingerprint density at radius 3 is 2.27 bits per heavy atom. The summed E-state index contributed by atoms with van der Waals surface area (Å²) >= 11 is 0. The van der Waals surface area contributed by atoms with Gasteiger partial charge >= 0.3 is 0 Å². The number of aliphatic hydroxyl groups excluding tert-OH is 1. The van der Waals surface area contributed by atoms with E-state index in [1.165, 1.54) is 0 Å². The zero-order valence-electron chi connectivity index (χ0n) is 12.6. The van der Waals surface area contributed by atoms with Gasteiger partial charge in [-0.1, -0.05) is 30.3 Å². The number of β-lactam (4-membered cyclic amide) rings is 1. The molecule has 0 aliphatic carbocycles. The van der Waals surface area contributed by atoms with E-state index in [1.54, 1.807) is 18.9 Å². The topological polar surface area (TPSA) is 49.8 Å². The van der Waals surface area contributed by atoms with Crippen LogP contribution in [0.5, 0.6) is 5.75 Å². The fraction of sp³-hybridized carbons (Fsp3) is 0.278. The van der Waals surface area contributed by atoms with Crippen LogP contribution in [0, 0.1) is 5.92 Å². The lowest BCUT2D eigenvalue weighted by molar-refractivity contribution is -0.135. The highest BCUT2D eigenvalue weighted by Gasteiger charge is 2.50. The highest BCUT2D eigenvalue weighted by atomic mass is 16.5. The molecule has 0 unspecified atom stereocenters. The molecule has 0 bridgehead atoms. The van der Waals surface area contributed by atoms with Gasteiger partial charge in [0, 0.05) is 5.69 Å². The molecule has 3 atom stereocenters. The number of amides is 1. The van der Waals surface area contributed by atoms with E-state index < -0.39 is 12.0 Å². The van der Waals surface area contributed by atoms with E-state index in [0.29, 0.717) is 0 Å². The van der Waals surface area contributed by atoms with Crippen molar-refractivity contribution >= 4 is 11.6 Å². The standard InChI is InChI=1S/C18H19NO3/c1-12(20)16-17(13-6-4-3-5-7-13)19(18(16)21)14-8-10-15(22-2)11-9-14/h3-12,16-17,20H,1-2H3/t12-,16+,17-/m1/s1. The Morgan fingerprint density at radius 2 is 1.73 bits per heavy atom. The van der Waals surface area contributed by atoms with Crippen LogP contribution in [0.1, 0.15) is 18.5 Å². The van der Waals surface area contributed by atoms with Crippen molar-refractivity contribution in [2.24, 2.45) is 5.92 Å². The number of methoxy groups -OCH3 is 1. The molecular weight excluding hydrogens is 278 g/mol. The lowest BCUT2D eigenvalue weighted by Gasteiger charge is -2.48. The molecule has 1 N–H and O–H groups in total. The van der Waals surface area contributed by atoms with Gasteiger partial charge in [-0.05, 0) is 36.8 Å². The van der Waals surface area contributed by atoms with Gasteiger partial charge in [0.2, 0.25) is 5.91 Å². The Labute approximate surface area is 130 Å². The normalized spacial score (nSPS) is 22.1. The maximum absolute atomic E-state index is 12.5. The van der Waals surface area contributed by atoms with E-state index in [1.807, 2.05) is 54.6 Å². The first-order chi connectivity index (χ1) is 10.6. The lowest BCUT2D eigenvalue weighted by Crippen LogP contribution is -2.59. The minimum atomic E-state index is -0.674. The van der Waals surface area contributed by atoms with Crippen LogP contribution >= 0.6 is 0 Å². The molecule has 22 heavy (non-hydrogen) atoms. The van der Waals surface area contributed by atoms with Gasteiger partial charge in [-0.25, -0.2) is 0 Å². The predicted octanol–water partition coefficient (Wildman–Crippen LogP) is 2.78. The molecule has 4 nitrogen and oxygen atoms in total. The van der Waals surface area contributed by atoms with Gasteiger partial charge in [-0.3, -0.25) is 4.79 Å². The zero-order chi connectivity index (χ0) is 15.7. The summed E-state index contributed by atoms with van der Waals surface area (Å²) in [6.07, 6.45) is -0.674. The molecule has 114 valence electrons.